The van der Waals surface area contributed by atoms with Gasteiger partial charge in [-0.25, -0.2) is 0 Å². The van der Waals surface area contributed by atoms with E-state index >= 15 is 0 Å². The van der Waals surface area contributed by atoms with E-state index in [1.807, 2.05) is 80.6 Å². The first-order valence-corrected chi connectivity index (χ1v) is 10.0. The van der Waals surface area contributed by atoms with E-state index in [0.29, 0.717) is 29.7 Å². The first kappa shape index (κ1) is 20.7. The topological polar surface area (TPSA) is 40.0 Å². The van der Waals surface area contributed by atoms with Crippen LogP contribution in [0.3, 0.4) is 0 Å². The van der Waals surface area contributed by atoms with Crippen LogP contribution in [0.15, 0.2) is 71.7 Å². The number of halogens is 1. The zero-order chi connectivity index (χ0) is 20.5. The van der Waals surface area contributed by atoms with Crippen molar-refractivity contribution in [2.45, 2.75) is 20.3 Å². The maximum absolute atomic E-state index is 6.40. The van der Waals surface area contributed by atoms with Gasteiger partial charge in [0.15, 0.2) is 11.5 Å². The zero-order valence-corrected chi connectivity index (χ0v) is 17.4. The van der Waals surface area contributed by atoms with Crippen molar-refractivity contribution in [2.24, 2.45) is 4.99 Å². The van der Waals surface area contributed by atoms with Crippen molar-refractivity contribution in [1.82, 2.24) is 0 Å². The number of hydrogen-bond acceptors (Lipinski definition) is 4. The third-order valence-corrected chi connectivity index (χ3v) is 4.24. The Balaban J connectivity index is 1.73. The molecule has 0 aliphatic rings. The summed E-state index contributed by atoms with van der Waals surface area (Å²) in [5.74, 6) is 2.76. The molecule has 0 aromatic heterocycles. The number of aliphatic imine (C=N–C) groups is 1. The Kier molecular flexibility index (Phi) is 7.54. The summed E-state index contributed by atoms with van der Waals surface area (Å²) in [4.78, 5) is 4.52. The summed E-state index contributed by atoms with van der Waals surface area (Å²) >= 11 is 6.40. The van der Waals surface area contributed by atoms with E-state index in [1.165, 1.54) is 0 Å². The van der Waals surface area contributed by atoms with Gasteiger partial charge in [0.1, 0.15) is 11.5 Å². The highest BCUT2D eigenvalue weighted by atomic mass is 35.5. The molecule has 0 spiro atoms. The number of hydrogen-bond donors (Lipinski definition) is 0. The minimum Gasteiger partial charge on any atom is -0.490 e. The third kappa shape index (κ3) is 6.00. The lowest BCUT2D eigenvalue weighted by Crippen LogP contribution is -2.01. The smallest absolute Gasteiger partial charge is 0.179 e. The number of para-hydroxylation sites is 1. The van der Waals surface area contributed by atoms with Gasteiger partial charge in [0, 0.05) is 6.21 Å². The van der Waals surface area contributed by atoms with Crippen LogP contribution in [0, 0.1) is 0 Å². The second-order valence-corrected chi connectivity index (χ2v) is 6.69. The average molecular weight is 410 g/mol. The summed E-state index contributed by atoms with van der Waals surface area (Å²) in [6.07, 6.45) is 2.65. The van der Waals surface area contributed by atoms with Gasteiger partial charge in [-0.3, -0.25) is 4.99 Å². The highest BCUT2D eigenvalue weighted by molar-refractivity contribution is 6.32. The fraction of sp³-hybridized carbons (Fsp3) is 0.208. The Hall–Kier alpha value is -2.98. The van der Waals surface area contributed by atoms with E-state index in [2.05, 4.69) is 4.99 Å². The van der Waals surface area contributed by atoms with Crippen molar-refractivity contribution in [3.63, 3.8) is 0 Å². The molecule has 3 aromatic carbocycles. The fourth-order valence-corrected chi connectivity index (χ4v) is 2.92. The van der Waals surface area contributed by atoms with Crippen LogP contribution in [0.25, 0.3) is 0 Å². The molecule has 0 unspecified atom stereocenters. The molecule has 0 N–H and O–H groups in total. The predicted octanol–water partition coefficient (Wildman–Crippen LogP) is 7.07. The summed E-state index contributed by atoms with van der Waals surface area (Å²) in [6.45, 7) is 5.09. The second-order valence-electron chi connectivity index (χ2n) is 6.28. The van der Waals surface area contributed by atoms with Gasteiger partial charge < -0.3 is 14.2 Å². The van der Waals surface area contributed by atoms with Gasteiger partial charge in [0.25, 0.3) is 0 Å². The van der Waals surface area contributed by atoms with Crippen LogP contribution in [0.5, 0.6) is 23.0 Å². The molecule has 150 valence electrons. The van der Waals surface area contributed by atoms with Crippen LogP contribution in [0.2, 0.25) is 5.02 Å². The van der Waals surface area contributed by atoms with E-state index < -0.39 is 0 Å². The van der Waals surface area contributed by atoms with E-state index in [9.17, 15) is 0 Å². The third-order valence-electron chi connectivity index (χ3n) is 3.96. The lowest BCUT2D eigenvalue weighted by atomic mass is 10.2. The van der Waals surface area contributed by atoms with Gasteiger partial charge in [0.05, 0.1) is 23.9 Å². The Morgan fingerprint density at radius 2 is 1.62 bits per heavy atom. The Labute approximate surface area is 176 Å². The molecule has 0 radical (unpaired) electrons. The molecule has 0 aliphatic carbocycles. The fourth-order valence-electron chi connectivity index (χ4n) is 2.64. The van der Waals surface area contributed by atoms with E-state index in [-0.39, 0.29) is 0 Å². The molecular weight excluding hydrogens is 386 g/mol. The molecule has 0 atom stereocenters. The summed E-state index contributed by atoms with van der Waals surface area (Å²) in [7, 11) is 0. The van der Waals surface area contributed by atoms with Gasteiger partial charge in [-0.1, -0.05) is 36.7 Å². The summed E-state index contributed by atoms with van der Waals surface area (Å²) in [5.41, 5.74) is 1.65. The van der Waals surface area contributed by atoms with Crippen LogP contribution in [0.4, 0.5) is 5.69 Å². The Morgan fingerprint density at radius 3 is 2.31 bits per heavy atom. The molecule has 3 rings (SSSR count). The number of nitrogens with zero attached hydrogens (tertiary/aromatic N) is 1. The van der Waals surface area contributed by atoms with Crippen molar-refractivity contribution in [3.8, 4) is 23.0 Å². The van der Waals surface area contributed by atoms with Crippen LogP contribution >= 0.6 is 11.6 Å². The van der Waals surface area contributed by atoms with Crippen molar-refractivity contribution in [2.75, 3.05) is 13.2 Å². The highest BCUT2D eigenvalue weighted by Gasteiger charge is 2.12. The number of ether oxygens (including phenoxy) is 3. The van der Waals surface area contributed by atoms with Crippen molar-refractivity contribution < 1.29 is 14.2 Å². The molecule has 0 amide bonds. The molecular formula is C24H24ClNO3. The van der Waals surface area contributed by atoms with E-state index in [0.717, 1.165) is 29.2 Å². The SMILES string of the molecule is CCCOc1c(Cl)cc(C=Nc2ccc(Oc3ccccc3)cc2)cc1OCC. The van der Waals surface area contributed by atoms with Crippen LogP contribution in [-0.2, 0) is 0 Å². The molecule has 3 aromatic rings. The monoisotopic (exact) mass is 409 g/mol. The molecule has 0 bridgehead atoms. The molecule has 0 heterocycles. The highest BCUT2D eigenvalue weighted by Crippen LogP contribution is 2.36. The molecule has 0 fully saturated rings. The van der Waals surface area contributed by atoms with Crippen molar-refractivity contribution in [3.05, 3.63) is 77.3 Å². The summed E-state index contributed by atoms with van der Waals surface area (Å²) in [5, 5.41) is 0.512. The van der Waals surface area contributed by atoms with Crippen molar-refractivity contribution in [1.29, 1.82) is 0 Å². The molecule has 0 saturated carbocycles. The van der Waals surface area contributed by atoms with Gasteiger partial charge >= 0.3 is 0 Å². The maximum atomic E-state index is 6.40. The van der Waals surface area contributed by atoms with Crippen LogP contribution in [-0.4, -0.2) is 19.4 Å². The summed E-state index contributed by atoms with van der Waals surface area (Å²) < 4.78 is 17.2. The van der Waals surface area contributed by atoms with Gasteiger partial charge in [-0.2, -0.15) is 0 Å². The second kappa shape index (κ2) is 10.5. The predicted molar refractivity (Wildman–Crippen MR) is 119 cm³/mol. The standard InChI is InChI=1S/C24H24ClNO3/c1-3-14-28-24-22(25)15-18(16-23(24)27-4-2)17-26-19-10-12-21(13-11-19)29-20-8-6-5-7-9-20/h5-13,15-17H,3-4,14H2,1-2H3. The normalized spacial score (nSPS) is 10.9. The number of rotatable bonds is 9. The quantitative estimate of drug-likeness (QED) is 0.355. The summed E-state index contributed by atoms with van der Waals surface area (Å²) in [6, 6.07) is 21.0. The average Bonchev–Trinajstić information content (AvgIpc) is 2.74. The molecule has 5 heteroatoms. The maximum Gasteiger partial charge on any atom is 0.179 e. The molecule has 0 saturated heterocycles. The van der Waals surface area contributed by atoms with Crippen molar-refractivity contribution >= 4 is 23.5 Å². The van der Waals surface area contributed by atoms with E-state index in [4.69, 9.17) is 25.8 Å². The van der Waals surface area contributed by atoms with Gasteiger partial charge in [-0.05, 0) is 67.4 Å². The van der Waals surface area contributed by atoms with Gasteiger partial charge in [-0.15, -0.1) is 0 Å². The minimum absolute atomic E-state index is 0.512. The molecule has 29 heavy (non-hydrogen) atoms. The first-order valence-electron chi connectivity index (χ1n) is 9.65. The molecule has 0 aliphatic heterocycles. The van der Waals surface area contributed by atoms with Crippen LogP contribution in [0.1, 0.15) is 25.8 Å². The largest absolute Gasteiger partial charge is 0.490 e. The Bertz CT molecular complexity index is 940. The lowest BCUT2D eigenvalue weighted by molar-refractivity contribution is 0.277. The first-order chi connectivity index (χ1) is 14.2. The molecule has 4 nitrogen and oxygen atoms in total. The lowest BCUT2D eigenvalue weighted by Gasteiger charge is -2.13. The van der Waals surface area contributed by atoms with Gasteiger partial charge in [0.2, 0.25) is 0 Å². The van der Waals surface area contributed by atoms with E-state index in [1.54, 1.807) is 6.21 Å². The Morgan fingerprint density at radius 1 is 0.897 bits per heavy atom. The zero-order valence-electron chi connectivity index (χ0n) is 16.6. The number of benzene rings is 3. The van der Waals surface area contributed by atoms with Crippen LogP contribution < -0.4 is 14.2 Å². The minimum atomic E-state index is 0.512.